The SMILES string of the molecule is COC(=O)C1(CCO)CCCN1. The van der Waals surface area contributed by atoms with E-state index in [2.05, 4.69) is 10.1 Å². The first-order valence-corrected chi connectivity index (χ1v) is 4.19. The Kier molecular flexibility index (Phi) is 3.05. The van der Waals surface area contributed by atoms with Gasteiger partial charge >= 0.3 is 5.97 Å². The van der Waals surface area contributed by atoms with Crippen LogP contribution >= 0.6 is 0 Å². The van der Waals surface area contributed by atoms with Crippen molar-refractivity contribution in [3.63, 3.8) is 0 Å². The number of carbonyl (C=O) groups excluding carboxylic acids is 1. The number of hydrogen-bond donors (Lipinski definition) is 2. The van der Waals surface area contributed by atoms with E-state index in [0.717, 1.165) is 19.4 Å². The second-order valence-corrected chi connectivity index (χ2v) is 3.08. The second-order valence-electron chi connectivity index (χ2n) is 3.08. The molecule has 1 unspecified atom stereocenters. The molecule has 1 atom stereocenters. The summed E-state index contributed by atoms with van der Waals surface area (Å²) >= 11 is 0. The third-order valence-electron chi connectivity index (χ3n) is 2.36. The molecule has 1 aliphatic rings. The molecule has 0 saturated carbocycles. The highest BCUT2D eigenvalue weighted by atomic mass is 16.5. The predicted octanol–water partition coefficient (Wildman–Crippen LogP) is -0.336. The molecule has 4 nitrogen and oxygen atoms in total. The molecule has 0 bridgehead atoms. The lowest BCUT2D eigenvalue weighted by Gasteiger charge is -2.25. The summed E-state index contributed by atoms with van der Waals surface area (Å²) in [5.41, 5.74) is -0.608. The Hall–Kier alpha value is -0.610. The van der Waals surface area contributed by atoms with Crippen LogP contribution in [0.25, 0.3) is 0 Å². The molecule has 0 spiro atoms. The number of ether oxygens (including phenoxy) is 1. The van der Waals surface area contributed by atoms with Gasteiger partial charge in [0.05, 0.1) is 7.11 Å². The van der Waals surface area contributed by atoms with Gasteiger partial charge in [-0.25, -0.2) is 0 Å². The minimum atomic E-state index is -0.608. The van der Waals surface area contributed by atoms with Gasteiger partial charge in [0, 0.05) is 6.61 Å². The van der Waals surface area contributed by atoms with Gasteiger partial charge in [-0.05, 0) is 25.8 Å². The molecule has 0 aromatic rings. The number of aliphatic hydroxyl groups is 1. The normalized spacial score (nSPS) is 28.8. The molecule has 4 heteroatoms. The lowest BCUT2D eigenvalue weighted by Crippen LogP contribution is -2.48. The maximum Gasteiger partial charge on any atom is 0.326 e. The molecule has 1 saturated heterocycles. The summed E-state index contributed by atoms with van der Waals surface area (Å²) in [6, 6.07) is 0. The molecule has 12 heavy (non-hydrogen) atoms. The van der Waals surface area contributed by atoms with Gasteiger partial charge in [0.2, 0.25) is 0 Å². The highest BCUT2D eigenvalue weighted by molar-refractivity contribution is 5.81. The summed E-state index contributed by atoms with van der Waals surface area (Å²) in [6.45, 7) is 0.844. The van der Waals surface area contributed by atoms with Crippen LogP contribution in [0, 0.1) is 0 Å². The first-order chi connectivity index (χ1) is 5.75. The Morgan fingerprint density at radius 3 is 2.92 bits per heavy atom. The number of carbonyl (C=O) groups is 1. The van der Waals surface area contributed by atoms with Crippen LogP contribution in [0.15, 0.2) is 0 Å². The average molecular weight is 173 g/mol. The smallest absolute Gasteiger partial charge is 0.326 e. The molecular weight excluding hydrogens is 158 g/mol. The number of hydrogen-bond acceptors (Lipinski definition) is 4. The molecule has 0 aromatic heterocycles. The summed E-state index contributed by atoms with van der Waals surface area (Å²) < 4.78 is 4.68. The fourth-order valence-electron chi connectivity index (χ4n) is 1.68. The van der Waals surface area contributed by atoms with Crippen LogP contribution in [-0.2, 0) is 9.53 Å². The molecule has 1 aliphatic heterocycles. The molecule has 0 amide bonds. The zero-order valence-corrected chi connectivity index (χ0v) is 7.30. The van der Waals surface area contributed by atoms with E-state index in [-0.39, 0.29) is 12.6 Å². The van der Waals surface area contributed by atoms with E-state index in [4.69, 9.17) is 5.11 Å². The fraction of sp³-hybridized carbons (Fsp3) is 0.875. The van der Waals surface area contributed by atoms with Crippen LogP contribution in [0.3, 0.4) is 0 Å². The van der Waals surface area contributed by atoms with Crippen molar-refractivity contribution in [1.29, 1.82) is 0 Å². The number of esters is 1. The Morgan fingerprint density at radius 2 is 2.50 bits per heavy atom. The van der Waals surface area contributed by atoms with Crippen LogP contribution < -0.4 is 5.32 Å². The lowest BCUT2D eigenvalue weighted by atomic mass is 9.94. The van der Waals surface area contributed by atoms with Crippen LogP contribution in [-0.4, -0.2) is 36.9 Å². The van der Waals surface area contributed by atoms with Gasteiger partial charge in [0.1, 0.15) is 5.54 Å². The monoisotopic (exact) mass is 173 g/mol. The third-order valence-corrected chi connectivity index (χ3v) is 2.36. The van der Waals surface area contributed by atoms with Gasteiger partial charge in [-0.3, -0.25) is 4.79 Å². The third kappa shape index (κ3) is 1.59. The minimum Gasteiger partial charge on any atom is -0.468 e. The predicted molar refractivity (Wildman–Crippen MR) is 43.7 cm³/mol. The summed E-state index contributed by atoms with van der Waals surface area (Å²) in [7, 11) is 1.38. The first kappa shape index (κ1) is 9.48. The summed E-state index contributed by atoms with van der Waals surface area (Å²) in [5.74, 6) is -0.256. The van der Waals surface area contributed by atoms with Crippen molar-refractivity contribution in [2.45, 2.75) is 24.8 Å². The highest BCUT2D eigenvalue weighted by Crippen LogP contribution is 2.23. The minimum absolute atomic E-state index is 0.0160. The van der Waals surface area contributed by atoms with Crippen LogP contribution in [0.4, 0.5) is 0 Å². The van der Waals surface area contributed by atoms with Crippen molar-refractivity contribution in [3.05, 3.63) is 0 Å². The van der Waals surface area contributed by atoms with Crippen LogP contribution in [0.5, 0.6) is 0 Å². The lowest BCUT2D eigenvalue weighted by molar-refractivity contribution is -0.148. The van der Waals surface area contributed by atoms with E-state index in [9.17, 15) is 4.79 Å². The van der Waals surface area contributed by atoms with E-state index in [1.165, 1.54) is 7.11 Å². The summed E-state index contributed by atoms with van der Waals surface area (Å²) in [4.78, 5) is 11.3. The van der Waals surface area contributed by atoms with Crippen LogP contribution in [0.1, 0.15) is 19.3 Å². The van der Waals surface area contributed by atoms with Gasteiger partial charge in [0.25, 0.3) is 0 Å². The molecular formula is C8H15NO3. The number of aliphatic hydroxyl groups excluding tert-OH is 1. The molecule has 0 radical (unpaired) electrons. The standard InChI is InChI=1S/C8H15NO3/c1-12-7(11)8(4-6-10)3-2-5-9-8/h9-10H,2-6H2,1H3. The van der Waals surface area contributed by atoms with Gasteiger partial charge in [-0.2, -0.15) is 0 Å². The molecule has 0 aromatic carbocycles. The second kappa shape index (κ2) is 3.87. The molecule has 1 fully saturated rings. The molecule has 0 aliphatic carbocycles. The Balaban J connectivity index is 2.64. The van der Waals surface area contributed by atoms with E-state index in [1.807, 2.05) is 0 Å². The van der Waals surface area contributed by atoms with Crippen molar-refractivity contribution in [2.24, 2.45) is 0 Å². The number of rotatable bonds is 3. The van der Waals surface area contributed by atoms with Gasteiger partial charge in [-0.1, -0.05) is 0 Å². The highest BCUT2D eigenvalue weighted by Gasteiger charge is 2.41. The Labute approximate surface area is 71.9 Å². The zero-order valence-electron chi connectivity index (χ0n) is 7.30. The first-order valence-electron chi connectivity index (χ1n) is 4.19. The average Bonchev–Trinajstić information content (AvgIpc) is 2.53. The zero-order chi connectivity index (χ0) is 9.03. The Bertz CT molecular complexity index is 164. The maximum absolute atomic E-state index is 11.3. The van der Waals surface area contributed by atoms with E-state index >= 15 is 0 Å². The van der Waals surface area contributed by atoms with Gasteiger partial charge in [-0.15, -0.1) is 0 Å². The van der Waals surface area contributed by atoms with E-state index in [1.54, 1.807) is 0 Å². The van der Waals surface area contributed by atoms with Gasteiger partial charge in [0.15, 0.2) is 0 Å². The number of nitrogens with one attached hydrogen (secondary N) is 1. The van der Waals surface area contributed by atoms with Crippen molar-refractivity contribution in [2.75, 3.05) is 20.3 Å². The summed E-state index contributed by atoms with van der Waals surface area (Å²) in [5, 5.41) is 11.9. The Morgan fingerprint density at radius 1 is 1.75 bits per heavy atom. The summed E-state index contributed by atoms with van der Waals surface area (Å²) in [6.07, 6.45) is 2.18. The van der Waals surface area contributed by atoms with E-state index < -0.39 is 5.54 Å². The molecule has 2 N–H and O–H groups in total. The fourth-order valence-corrected chi connectivity index (χ4v) is 1.68. The van der Waals surface area contributed by atoms with Crippen molar-refractivity contribution >= 4 is 5.97 Å². The molecule has 1 heterocycles. The van der Waals surface area contributed by atoms with Crippen molar-refractivity contribution in [3.8, 4) is 0 Å². The van der Waals surface area contributed by atoms with Crippen molar-refractivity contribution < 1.29 is 14.6 Å². The molecule has 1 rings (SSSR count). The van der Waals surface area contributed by atoms with Gasteiger partial charge < -0.3 is 15.2 Å². The van der Waals surface area contributed by atoms with Crippen LogP contribution in [0.2, 0.25) is 0 Å². The molecule has 70 valence electrons. The largest absolute Gasteiger partial charge is 0.468 e. The van der Waals surface area contributed by atoms with E-state index in [0.29, 0.717) is 6.42 Å². The van der Waals surface area contributed by atoms with Crippen molar-refractivity contribution in [1.82, 2.24) is 5.32 Å². The quantitative estimate of drug-likeness (QED) is 0.573. The topological polar surface area (TPSA) is 58.6 Å². The number of methoxy groups -OCH3 is 1. The maximum atomic E-state index is 11.3.